The molecule has 0 atom stereocenters. The van der Waals surface area contributed by atoms with Crippen LogP contribution in [0, 0.1) is 0 Å². The van der Waals surface area contributed by atoms with Crippen LogP contribution < -0.4 is 10.5 Å². The number of hydrogen-bond acceptors (Lipinski definition) is 3. The zero-order valence-electron chi connectivity index (χ0n) is 9.29. The Balaban J connectivity index is 1.82. The molecule has 2 rings (SSSR count). The largest absolute Gasteiger partial charge is 0.490 e. The molecule has 1 heterocycles. The smallest absolute Gasteiger partial charge is 0.143 e. The third kappa shape index (κ3) is 3.12. The predicted molar refractivity (Wildman–Crippen MR) is 69.7 cm³/mol. The average Bonchev–Trinajstić information content (AvgIpc) is 2.76. The molecule has 1 fully saturated rings. The summed E-state index contributed by atoms with van der Waals surface area (Å²) in [6.07, 6.45) is 2.64. The minimum absolute atomic E-state index is 0.699. The molecule has 1 saturated heterocycles. The molecule has 0 aromatic heterocycles. The maximum absolute atomic E-state index is 5.82. The zero-order chi connectivity index (χ0) is 11.4. The second-order valence-corrected chi connectivity index (χ2v) is 5.00. The molecule has 0 amide bonds. The summed E-state index contributed by atoms with van der Waals surface area (Å²) in [5, 5.41) is 0. The highest BCUT2D eigenvalue weighted by molar-refractivity contribution is 9.10. The lowest BCUT2D eigenvalue weighted by atomic mass is 10.3. The molecule has 2 N–H and O–H groups in total. The average molecular weight is 285 g/mol. The van der Waals surface area contributed by atoms with Gasteiger partial charge in [-0.3, -0.25) is 4.90 Å². The van der Waals surface area contributed by atoms with E-state index in [1.54, 1.807) is 0 Å². The number of nitrogens with zero attached hydrogens (tertiary/aromatic N) is 1. The number of ether oxygens (including phenoxy) is 1. The Morgan fingerprint density at radius 3 is 2.81 bits per heavy atom. The van der Waals surface area contributed by atoms with Crippen LogP contribution in [-0.4, -0.2) is 31.1 Å². The van der Waals surface area contributed by atoms with Crippen molar-refractivity contribution in [1.82, 2.24) is 4.90 Å². The Morgan fingerprint density at radius 1 is 1.31 bits per heavy atom. The van der Waals surface area contributed by atoms with E-state index in [-0.39, 0.29) is 0 Å². The third-order valence-electron chi connectivity index (χ3n) is 2.84. The maximum Gasteiger partial charge on any atom is 0.143 e. The first-order chi connectivity index (χ1) is 7.75. The van der Waals surface area contributed by atoms with Gasteiger partial charge in [-0.1, -0.05) is 15.9 Å². The first kappa shape index (κ1) is 11.7. The van der Waals surface area contributed by atoms with Gasteiger partial charge in [-0.2, -0.15) is 0 Å². The highest BCUT2D eigenvalue weighted by atomic mass is 79.9. The van der Waals surface area contributed by atoms with Crippen molar-refractivity contribution in [2.75, 3.05) is 32.0 Å². The van der Waals surface area contributed by atoms with Crippen molar-refractivity contribution in [1.29, 1.82) is 0 Å². The quantitative estimate of drug-likeness (QED) is 0.864. The van der Waals surface area contributed by atoms with E-state index in [1.807, 2.05) is 18.2 Å². The Morgan fingerprint density at radius 2 is 2.06 bits per heavy atom. The molecule has 4 heteroatoms. The molecular weight excluding hydrogens is 268 g/mol. The molecule has 0 unspecified atom stereocenters. The number of hydrogen-bond donors (Lipinski definition) is 1. The topological polar surface area (TPSA) is 38.5 Å². The van der Waals surface area contributed by atoms with Crippen molar-refractivity contribution in [3.63, 3.8) is 0 Å². The fourth-order valence-corrected chi connectivity index (χ4v) is 2.26. The molecule has 0 bridgehead atoms. The molecule has 0 saturated carbocycles. The second kappa shape index (κ2) is 5.55. The van der Waals surface area contributed by atoms with Crippen LogP contribution in [0.15, 0.2) is 22.7 Å². The van der Waals surface area contributed by atoms with E-state index in [4.69, 9.17) is 10.5 Å². The number of anilines is 1. The molecule has 0 radical (unpaired) electrons. The van der Waals surface area contributed by atoms with Crippen LogP contribution in [0.5, 0.6) is 5.75 Å². The van der Waals surface area contributed by atoms with Crippen molar-refractivity contribution in [3.8, 4) is 5.75 Å². The van der Waals surface area contributed by atoms with Crippen LogP contribution in [0.4, 0.5) is 5.69 Å². The molecular formula is C12H17BrN2O. The Hall–Kier alpha value is -0.740. The van der Waals surface area contributed by atoms with Crippen molar-refractivity contribution in [2.45, 2.75) is 12.8 Å². The first-order valence-electron chi connectivity index (χ1n) is 5.66. The van der Waals surface area contributed by atoms with Gasteiger partial charge in [0.1, 0.15) is 12.4 Å². The summed E-state index contributed by atoms with van der Waals surface area (Å²) in [5.74, 6) is 0.772. The number of benzene rings is 1. The lowest BCUT2D eigenvalue weighted by Crippen LogP contribution is -2.25. The fourth-order valence-electron chi connectivity index (χ4n) is 1.92. The zero-order valence-corrected chi connectivity index (χ0v) is 10.9. The molecule has 1 aliphatic heterocycles. The molecule has 3 nitrogen and oxygen atoms in total. The first-order valence-corrected chi connectivity index (χ1v) is 6.45. The number of rotatable bonds is 4. The van der Waals surface area contributed by atoms with Crippen LogP contribution in [0.1, 0.15) is 12.8 Å². The SMILES string of the molecule is Nc1ccc(Br)cc1OCCN1CCCC1. The van der Waals surface area contributed by atoms with Crippen LogP contribution in [0.3, 0.4) is 0 Å². The number of nitrogens with two attached hydrogens (primary N) is 1. The highest BCUT2D eigenvalue weighted by Crippen LogP contribution is 2.25. The summed E-state index contributed by atoms with van der Waals surface area (Å²) >= 11 is 3.41. The minimum atomic E-state index is 0.699. The third-order valence-corrected chi connectivity index (χ3v) is 3.33. The van der Waals surface area contributed by atoms with E-state index in [2.05, 4.69) is 20.8 Å². The lowest BCUT2D eigenvalue weighted by molar-refractivity contribution is 0.238. The molecule has 0 spiro atoms. The lowest BCUT2D eigenvalue weighted by Gasteiger charge is -2.15. The summed E-state index contributed by atoms with van der Waals surface area (Å²) in [6, 6.07) is 5.69. The van der Waals surface area contributed by atoms with E-state index < -0.39 is 0 Å². The van der Waals surface area contributed by atoms with Crippen molar-refractivity contribution in [2.24, 2.45) is 0 Å². The van der Waals surface area contributed by atoms with Crippen LogP contribution >= 0.6 is 15.9 Å². The van der Waals surface area contributed by atoms with E-state index in [0.717, 1.165) is 16.8 Å². The van der Waals surface area contributed by atoms with Gasteiger partial charge in [0.15, 0.2) is 0 Å². The standard InChI is InChI=1S/C12H17BrN2O/c13-10-3-4-11(14)12(9-10)16-8-7-15-5-1-2-6-15/h3-4,9H,1-2,5-8,14H2. The van der Waals surface area contributed by atoms with Gasteiger partial charge in [0, 0.05) is 11.0 Å². The highest BCUT2D eigenvalue weighted by Gasteiger charge is 2.11. The van der Waals surface area contributed by atoms with Gasteiger partial charge in [0.05, 0.1) is 5.69 Å². The van der Waals surface area contributed by atoms with Gasteiger partial charge >= 0.3 is 0 Å². The van der Waals surface area contributed by atoms with E-state index in [9.17, 15) is 0 Å². The molecule has 16 heavy (non-hydrogen) atoms. The van der Waals surface area contributed by atoms with Gasteiger partial charge in [-0.25, -0.2) is 0 Å². The second-order valence-electron chi connectivity index (χ2n) is 4.08. The number of halogens is 1. The predicted octanol–water partition coefficient (Wildman–Crippen LogP) is 2.51. The van der Waals surface area contributed by atoms with Crippen molar-refractivity contribution < 1.29 is 4.74 Å². The summed E-state index contributed by atoms with van der Waals surface area (Å²) in [5.41, 5.74) is 6.52. The van der Waals surface area contributed by atoms with E-state index >= 15 is 0 Å². The van der Waals surface area contributed by atoms with Crippen molar-refractivity contribution >= 4 is 21.6 Å². The monoisotopic (exact) mass is 284 g/mol. The van der Waals surface area contributed by atoms with Gasteiger partial charge in [0.2, 0.25) is 0 Å². The van der Waals surface area contributed by atoms with Crippen LogP contribution in [-0.2, 0) is 0 Å². The van der Waals surface area contributed by atoms with Gasteiger partial charge in [-0.05, 0) is 44.1 Å². The summed E-state index contributed by atoms with van der Waals surface area (Å²) in [4.78, 5) is 2.42. The molecule has 0 aliphatic carbocycles. The number of likely N-dealkylation sites (tertiary alicyclic amines) is 1. The molecule has 1 aliphatic rings. The normalized spacial score (nSPS) is 16.6. The summed E-state index contributed by atoms with van der Waals surface area (Å²) in [7, 11) is 0. The van der Waals surface area contributed by atoms with Gasteiger partial charge in [-0.15, -0.1) is 0 Å². The maximum atomic E-state index is 5.82. The van der Waals surface area contributed by atoms with Crippen LogP contribution in [0.25, 0.3) is 0 Å². The van der Waals surface area contributed by atoms with Gasteiger partial charge < -0.3 is 10.5 Å². The van der Waals surface area contributed by atoms with E-state index in [0.29, 0.717) is 12.3 Å². The minimum Gasteiger partial charge on any atom is -0.490 e. The molecule has 1 aromatic rings. The number of nitrogen functional groups attached to an aromatic ring is 1. The molecule has 88 valence electrons. The summed E-state index contributed by atoms with van der Waals surface area (Å²) < 4.78 is 6.68. The van der Waals surface area contributed by atoms with Gasteiger partial charge in [0.25, 0.3) is 0 Å². The Labute approximate surface area is 105 Å². The van der Waals surface area contributed by atoms with Crippen LogP contribution in [0.2, 0.25) is 0 Å². The fraction of sp³-hybridized carbons (Fsp3) is 0.500. The molecule has 1 aromatic carbocycles. The Bertz CT molecular complexity index is 351. The van der Waals surface area contributed by atoms with E-state index in [1.165, 1.54) is 25.9 Å². The van der Waals surface area contributed by atoms with Crippen molar-refractivity contribution in [3.05, 3.63) is 22.7 Å². The Kier molecular flexibility index (Phi) is 4.07. The summed E-state index contributed by atoms with van der Waals surface area (Å²) in [6.45, 7) is 4.11.